The molecule has 0 fully saturated rings. The van der Waals surface area contributed by atoms with Crippen LogP contribution in [-0.4, -0.2) is 42.0 Å². The largest absolute Gasteiger partial charge is 0.369 e. The minimum absolute atomic E-state index is 0.0445. The minimum atomic E-state index is 0.0445. The fourth-order valence-corrected chi connectivity index (χ4v) is 1.83. The maximum Gasteiger partial charge on any atom is 0.248 e. The van der Waals surface area contributed by atoms with E-state index in [0.717, 1.165) is 12.8 Å². The number of ether oxygens (including phenoxy) is 1. The molecule has 0 aliphatic rings. The molecule has 0 N–H and O–H groups in total. The van der Waals surface area contributed by atoms with Gasteiger partial charge >= 0.3 is 0 Å². The van der Waals surface area contributed by atoms with E-state index in [-0.39, 0.29) is 24.7 Å². The molecule has 0 heterocycles. The molecular formula is C12H24ClNO2. The molecule has 0 bridgehead atoms. The summed E-state index contributed by atoms with van der Waals surface area (Å²) in [5.41, 5.74) is 0. The summed E-state index contributed by atoms with van der Waals surface area (Å²) in [6.45, 7) is 8.80. The number of carbonyl (C=O) groups excluding carboxylic acids is 1. The number of hydrogen-bond donors (Lipinski definition) is 0. The molecule has 0 aromatic carbocycles. The predicted octanol–water partition coefficient (Wildman–Crippen LogP) is 2.67. The second-order valence-electron chi connectivity index (χ2n) is 4.11. The third kappa shape index (κ3) is 5.71. The van der Waals surface area contributed by atoms with Gasteiger partial charge in [0.15, 0.2) is 0 Å². The van der Waals surface area contributed by atoms with Crippen LogP contribution in [0.2, 0.25) is 0 Å². The maximum absolute atomic E-state index is 11.9. The van der Waals surface area contributed by atoms with Gasteiger partial charge in [-0.25, -0.2) is 0 Å². The van der Waals surface area contributed by atoms with Gasteiger partial charge in [-0.05, 0) is 26.7 Å². The molecule has 0 rings (SSSR count). The summed E-state index contributed by atoms with van der Waals surface area (Å²) in [6.07, 6.45) is 2.00. The Labute approximate surface area is 104 Å². The Kier molecular flexibility index (Phi) is 8.67. The SMILES string of the molecule is CCC(CC)N(CCCl)C(=O)COC(C)C. The molecule has 0 saturated carbocycles. The van der Waals surface area contributed by atoms with Crippen LogP contribution in [0, 0.1) is 0 Å². The summed E-state index contributed by atoms with van der Waals surface area (Å²) in [4.78, 5) is 13.8. The van der Waals surface area contributed by atoms with E-state index in [1.54, 1.807) is 0 Å². The van der Waals surface area contributed by atoms with Crippen LogP contribution in [0.25, 0.3) is 0 Å². The lowest BCUT2D eigenvalue weighted by molar-refractivity contribution is -0.139. The molecule has 0 aliphatic heterocycles. The number of amides is 1. The highest BCUT2D eigenvalue weighted by atomic mass is 35.5. The number of alkyl halides is 1. The number of hydrogen-bond acceptors (Lipinski definition) is 2. The minimum Gasteiger partial charge on any atom is -0.369 e. The van der Waals surface area contributed by atoms with Crippen LogP contribution < -0.4 is 0 Å². The molecule has 0 radical (unpaired) electrons. The van der Waals surface area contributed by atoms with Gasteiger partial charge in [0, 0.05) is 18.5 Å². The molecule has 3 nitrogen and oxygen atoms in total. The fourth-order valence-electron chi connectivity index (χ4n) is 1.65. The molecule has 0 spiro atoms. The highest BCUT2D eigenvalue weighted by Crippen LogP contribution is 2.09. The first-order valence-electron chi connectivity index (χ1n) is 6.03. The van der Waals surface area contributed by atoms with E-state index in [9.17, 15) is 4.79 Å². The van der Waals surface area contributed by atoms with Crippen LogP contribution in [0.5, 0.6) is 0 Å². The van der Waals surface area contributed by atoms with Crippen LogP contribution >= 0.6 is 11.6 Å². The zero-order chi connectivity index (χ0) is 12.6. The van der Waals surface area contributed by atoms with E-state index >= 15 is 0 Å². The lowest BCUT2D eigenvalue weighted by Crippen LogP contribution is -2.43. The van der Waals surface area contributed by atoms with Gasteiger partial charge in [0.25, 0.3) is 0 Å². The average molecular weight is 250 g/mol. The molecule has 4 heteroatoms. The van der Waals surface area contributed by atoms with Crippen LogP contribution in [0.1, 0.15) is 40.5 Å². The summed E-state index contributed by atoms with van der Waals surface area (Å²) >= 11 is 5.73. The van der Waals surface area contributed by atoms with Crippen molar-refractivity contribution >= 4 is 17.5 Å². The number of halogens is 1. The highest BCUT2D eigenvalue weighted by Gasteiger charge is 2.20. The Bertz CT molecular complexity index is 193. The molecule has 0 saturated heterocycles. The summed E-state index contributed by atoms with van der Waals surface area (Å²) in [6, 6.07) is 0.280. The van der Waals surface area contributed by atoms with Crippen molar-refractivity contribution in [3.8, 4) is 0 Å². The Morgan fingerprint density at radius 1 is 1.31 bits per heavy atom. The van der Waals surface area contributed by atoms with Gasteiger partial charge in [-0.1, -0.05) is 13.8 Å². The van der Waals surface area contributed by atoms with E-state index in [2.05, 4.69) is 13.8 Å². The Hall–Kier alpha value is -0.280. The van der Waals surface area contributed by atoms with Crippen molar-refractivity contribution in [1.29, 1.82) is 0 Å². The van der Waals surface area contributed by atoms with Gasteiger partial charge in [-0.15, -0.1) is 11.6 Å². The van der Waals surface area contributed by atoms with E-state index < -0.39 is 0 Å². The number of rotatable bonds is 8. The van der Waals surface area contributed by atoms with Gasteiger partial charge in [-0.2, -0.15) is 0 Å². The third-order valence-corrected chi connectivity index (χ3v) is 2.74. The van der Waals surface area contributed by atoms with Crippen molar-refractivity contribution in [2.75, 3.05) is 19.0 Å². The molecule has 16 heavy (non-hydrogen) atoms. The molecule has 0 unspecified atom stereocenters. The quantitative estimate of drug-likeness (QED) is 0.619. The van der Waals surface area contributed by atoms with Crippen LogP contribution in [-0.2, 0) is 9.53 Å². The molecule has 96 valence electrons. The van der Waals surface area contributed by atoms with Crippen molar-refractivity contribution in [2.24, 2.45) is 0 Å². The smallest absolute Gasteiger partial charge is 0.248 e. The lowest BCUT2D eigenvalue weighted by Gasteiger charge is -2.30. The topological polar surface area (TPSA) is 29.5 Å². The molecule has 0 aromatic heterocycles. The summed E-state index contributed by atoms with van der Waals surface area (Å²) < 4.78 is 5.34. The number of nitrogens with zero attached hydrogens (tertiary/aromatic N) is 1. The van der Waals surface area contributed by atoms with Gasteiger partial charge in [-0.3, -0.25) is 4.79 Å². The first-order valence-corrected chi connectivity index (χ1v) is 6.57. The summed E-state index contributed by atoms with van der Waals surface area (Å²) in [5.74, 6) is 0.521. The van der Waals surface area contributed by atoms with E-state index in [4.69, 9.17) is 16.3 Å². The van der Waals surface area contributed by atoms with Crippen molar-refractivity contribution < 1.29 is 9.53 Å². The van der Waals surface area contributed by atoms with Gasteiger partial charge < -0.3 is 9.64 Å². The zero-order valence-electron chi connectivity index (χ0n) is 10.8. The molecule has 1 amide bonds. The molecule has 0 aromatic rings. The molecular weight excluding hydrogens is 226 g/mol. The normalized spacial score (nSPS) is 11.2. The lowest BCUT2D eigenvalue weighted by atomic mass is 10.1. The zero-order valence-corrected chi connectivity index (χ0v) is 11.6. The Morgan fingerprint density at radius 3 is 2.25 bits per heavy atom. The Morgan fingerprint density at radius 2 is 1.88 bits per heavy atom. The maximum atomic E-state index is 11.9. The average Bonchev–Trinajstić information content (AvgIpc) is 2.26. The predicted molar refractivity (Wildman–Crippen MR) is 67.9 cm³/mol. The van der Waals surface area contributed by atoms with Crippen LogP contribution in [0.3, 0.4) is 0 Å². The van der Waals surface area contributed by atoms with Crippen molar-refractivity contribution in [3.63, 3.8) is 0 Å². The second kappa shape index (κ2) is 8.82. The van der Waals surface area contributed by atoms with Crippen LogP contribution in [0.15, 0.2) is 0 Å². The summed E-state index contributed by atoms with van der Waals surface area (Å²) in [7, 11) is 0. The first kappa shape index (κ1) is 15.7. The van der Waals surface area contributed by atoms with Gasteiger partial charge in [0.1, 0.15) is 6.61 Å². The van der Waals surface area contributed by atoms with E-state index in [1.165, 1.54) is 0 Å². The fraction of sp³-hybridized carbons (Fsp3) is 0.917. The van der Waals surface area contributed by atoms with Crippen molar-refractivity contribution in [2.45, 2.75) is 52.7 Å². The van der Waals surface area contributed by atoms with E-state index in [0.29, 0.717) is 12.4 Å². The van der Waals surface area contributed by atoms with Gasteiger partial charge in [0.05, 0.1) is 6.10 Å². The van der Waals surface area contributed by atoms with Crippen molar-refractivity contribution in [3.05, 3.63) is 0 Å². The monoisotopic (exact) mass is 249 g/mol. The summed E-state index contributed by atoms with van der Waals surface area (Å²) in [5, 5.41) is 0. The van der Waals surface area contributed by atoms with Crippen molar-refractivity contribution in [1.82, 2.24) is 4.90 Å². The molecule has 0 atom stereocenters. The third-order valence-electron chi connectivity index (χ3n) is 2.57. The second-order valence-corrected chi connectivity index (χ2v) is 4.48. The van der Waals surface area contributed by atoms with Gasteiger partial charge in [0.2, 0.25) is 5.91 Å². The highest BCUT2D eigenvalue weighted by molar-refractivity contribution is 6.18. The van der Waals surface area contributed by atoms with Crippen LogP contribution in [0.4, 0.5) is 0 Å². The van der Waals surface area contributed by atoms with E-state index in [1.807, 2.05) is 18.7 Å². The first-order chi connectivity index (χ1) is 7.56. The standard InChI is InChI=1S/C12H24ClNO2/c1-5-11(6-2)14(8-7-13)12(15)9-16-10(3)4/h10-11H,5-9H2,1-4H3. The number of carbonyl (C=O) groups is 1. The molecule has 0 aliphatic carbocycles. The Balaban J connectivity index is 4.32.